The molecule has 0 heterocycles. The van der Waals surface area contributed by atoms with Gasteiger partial charge in [0.25, 0.3) is 11.6 Å². The van der Waals surface area contributed by atoms with E-state index >= 15 is 0 Å². The first-order valence-corrected chi connectivity index (χ1v) is 5.21. The molecule has 0 saturated carbocycles. The Morgan fingerprint density at radius 3 is 2.00 bits per heavy atom. The van der Waals surface area contributed by atoms with Crippen LogP contribution < -0.4 is 0 Å². The number of methoxy groups -OCH3 is 2. The van der Waals surface area contributed by atoms with Crippen molar-refractivity contribution in [1.82, 2.24) is 0 Å². The van der Waals surface area contributed by atoms with Crippen LogP contribution in [0.15, 0.2) is 0 Å². The van der Waals surface area contributed by atoms with Gasteiger partial charge >= 0.3 is 0 Å². The predicted molar refractivity (Wildman–Crippen MR) is 58.2 cm³/mol. The van der Waals surface area contributed by atoms with Gasteiger partial charge < -0.3 is 39.4 Å². The van der Waals surface area contributed by atoms with Crippen molar-refractivity contribution in [2.75, 3.05) is 20.8 Å². The van der Waals surface area contributed by atoms with Crippen molar-refractivity contribution in [3.8, 4) is 0 Å². The minimum Gasteiger partial charge on any atom is -0.380 e. The van der Waals surface area contributed by atoms with Crippen molar-refractivity contribution < 1.29 is 39.4 Å². The van der Waals surface area contributed by atoms with Gasteiger partial charge in [-0.25, -0.2) is 0 Å². The Bertz CT molecular complexity index is 281. The normalized spacial score (nSPS) is 23.6. The van der Waals surface area contributed by atoms with Crippen molar-refractivity contribution in [1.29, 1.82) is 0 Å². The summed E-state index contributed by atoms with van der Waals surface area (Å²) in [5.41, 5.74) is 0. The van der Waals surface area contributed by atoms with E-state index in [0.29, 0.717) is 0 Å². The number of aliphatic hydroxyl groups is 4. The zero-order valence-corrected chi connectivity index (χ0v) is 10.8. The van der Waals surface area contributed by atoms with E-state index in [1.807, 2.05) is 0 Å². The van der Waals surface area contributed by atoms with E-state index < -0.39 is 23.5 Å². The monoisotopic (exact) mass is 268 g/mol. The highest BCUT2D eigenvalue weighted by atomic mass is 16.8. The summed E-state index contributed by atoms with van der Waals surface area (Å²) in [6, 6.07) is 0. The SMILES string of the molecule is CCO[C@](O)([C@](C)(O)OC)[C@](O)(OC)[C@@H](O)C=O. The van der Waals surface area contributed by atoms with Gasteiger partial charge in [-0.2, -0.15) is 0 Å². The van der Waals surface area contributed by atoms with Crippen LogP contribution in [0.2, 0.25) is 0 Å². The molecule has 0 saturated heterocycles. The van der Waals surface area contributed by atoms with Gasteiger partial charge in [-0.1, -0.05) is 0 Å². The second-order valence-electron chi connectivity index (χ2n) is 3.75. The second kappa shape index (κ2) is 6.02. The summed E-state index contributed by atoms with van der Waals surface area (Å²) >= 11 is 0. The number of rotatable bonds is 8. The van der Waals surface area contributed by atoms with Gasteiger partial charge in [0.1, 0.15) is 0 Å². The highest BCUT2D eigenvalue weighted by molar-refractivity contribution is 5.58. The molecule has 4 atom stereocenters. The molecule has 0 spiro atoms. The first kappa shape index (κ1) is 17.4. The quantitative estimate of drug-likeness (QED) is 0.293. The number of hydrogen-bond donors (Lipinski definition) is 4. The van der Waals surface area contributed by atoms with Crippen LogP contribution in [0, 0.1) is 0 Å². The number of hydrogen-bond acceptors (Lipinski definition) is 8. The van der Waals surface area contributed by atoms with Gasteiger partial charge in [-0.15, -0.1) is 0 Å². The number of ether oxygens (including phenoxy) is 3. The van der Waals surface area contributed by atoms with Crippen LogP contribution in [-0.4, -0.2) is 71.0 Å². The Kier molecular flexibility index (Phi) is 5.82. The van der Waals surface area contributed by atoms with Crippen LogP contribution in [-0.2, 0) is 19.0 Å². The molecule has 0 aliphatic heterocycles. The summed E-state index contributed by atoms with van der Waals surface area (Å²) in [7, 11) is 1.95. The average molecular weight is 268 g/mol. The van der Waals surface area contributed by atoms with E-state index in [-0.39, 0.29) is 12.9 Å². The molecule has 18 heavy (non-hydrogen) atoms. The second-order valence-corrected chi connectivity index (χ2v) is 3.75. The van der Waals surface area contributed by atoms with E-state index in [1.54, 1.807) is 0 Å². The number of aldehydes is 1. The van der Waals surface area contributed by atoms with Crippen LogP contribution in [0.3, 0.4) is 0 Å². The van der Waals surface area contributed by atoms with Gasteiger partial charge in [0, 0.05) is 20.8 Å². The zero-order chi connectivity index (χ0) is 14.6. The maximum Gasteiger partial charge on any atom is 0.279 e. The highest BCUT2D eigenvalue weighted by Crippen LogP contribution is 2.37. The summed E-state index contributed by atoms with van der Waals surface area (Å²) in [5.74, 6) is -8.25. The molecular formula is C10H20O8. The van der Waals surface area contributed by atoms with Gasteiger partial charge in [-0.05, 0) is 13.8 Å². The molecule has 0 aliphatic carbocycles. The molecule has 108 valence electrons. The molecule has 0 unspecified atom stereocenters. The molecule has 0 aromatic carbocycles. The molecule has 0 amide bonds. The van der Waals surface area contributed by atoms with E-state index in [1.165, 1.54) is 6.92 Å². The Balaban J connectivity index is 5.76. The van der Waals surface area contributed by atoms with Crippen LogP contribution in [0.1, 0.15) is 13.8 Å². The lowest BCUT2D eigenvalue weighted by molar-refractivity contribution is -0.474. The molecule has 0 bridgehead atoms. The third-order valence-corrected chi connectivity index (χ3v) is 2.71. The summed E-state index contributed by atoms with van der Waals surface area (Å²) < 4.78 is 14.0. The molecular weight excluding hydrogens is 248 g/mol. The molecule has 0 aliphatic rings. The van der Waals surface area contributed by atoms with Gasteiger partial charge in [0.15, 0.2) is 12.4 Å². The van der Waals surface area contributed by atoms with Crippen molar-refractivity contribution in [3.05, 3.63) is 0 Å². The number of aliphatic hydroxyl groups excluding tert-OH is 1. The van der Waals surface area contributed by atoms with Crippen LogP contribution in [0.5, 0.6) is 0 Å². The van der Waals surface area contributed by atoms with E-state index in [0.717, 1.165) is 21.1 Å². The van der Waals surface area contributed by atoms with E-state index in [2.05, 4.69) is 9.47 Å². The molecule has 0 aromatic heterocycles. The first-order chi connectivity index (χ1) is 8.16. The van der Waals surface area contributed by atoms with E-state index in [9.17, 15) is 25.2 Å². The fraction of sp³-hybridized carbons (Fsp3) is 0.900. The van der Waals surface area contributed by atoms with Crippen molar-refractivity contribution in [2.24, 2.45) is 0 Å². The highest BCUT2D eigenvalue weighted by Gasteiger charge is 2.66. The van der Waals surface area contributed by atoms with Gasteiger partial charge in [-0.3, -0.25) is 0 Å². The lowest BCUT2D eigenvalue weighted by Crippen LogP contribution is -2.73. The number of carbonyl (C=O) groups is 1. The fourth-order valence-electron chi connectivity index (χ4n) is 1.47. The Labute approximate surface area is 105 Å². The Morgan fingerprint density at radius 1 is 1.22 bits per heavy atom. The zero-order valence-electron chi connectivity index (χ0n) is 10.8. The molecule has 0 rings (SSSR count). The smallest absolute Gasteiger partial charge is 0.279 e. The summed E-state index contributed by atoms with van der Waals surface area (Å²) in [4.78, 5) is 10.6. The molecule has 0 aromatic rings. The third kappa shape index (κ3) is 2.54. The molecule has 4 N–H and O–H groups in total. The molecule has 8 nitrogen and oxygen atoms in total. The lowest BCUT2D eigenvalue weighted by Gasteiger charge is -2.48. The predicted octanol–water partition coefficient (Wildman–Crippen LogP) is -2.04. The minimum absolute atomic E-state index is 0.0702. The van der Waals surface area contributed by atoms with Crippen molar-refractivity contribution >= 4 is 6.29 Å². The summed E-state index contributed by atoms with van der Waals surface area (Å²) in [6.07, 6.45) is -2.24. The van der Waals surface area contributed by atoms with Crippen molar-refractivity contribution in [3.63, 3.8) is 0 Å². The largest absolute Gasteiger partial charge is 0.380 e. The lowest BCUT2D eigenvalue weighted by atomic mass is 9.92. The summed E-state index contributed by atoms with van der Waals surface area (Å²) in [6.45, 7) is 2.28. The fourth-order valence-corrected chi connectivity index (χ4v) is 1.47. The Morgan fingerprint density at radius 2 is 1.72 bits per heavy atom. The molecule has 8 heteroatoms. The standard InChI is InChI=1S/C10H20O8/c1-5-18-10(15,8(2,13)16-3)9(14,17-4)7(12)6-11/h6-7,12-15H,5H2,1-4H3/t7-,8+,9+,10+/m0/s1. The molecule has 0 fully saturated rings. The summed E-state index contributed by atoms with van der Waals surface area (Å²) in [5, 5.41) is 39.7. The van der Waals surface area contributed by atoms with Gasteiger partial charge in [0.05, 0.1) is 0 Å². The number of carbonyl (C=O) groups excluding carboxylic acids is 1. The van der Waals surface area contributed by atoms with Crippen LogP contribution in [0.4, 0.5) is 0 Å². The van der Waals surface area contributed by atoms with Crippen LogP contribution in [0.25, 0.3) is 0 Å². The van der Waals surface area contributed by atoms with Gasteiger partial charge in [0.2, 0.25) is 5.79 Å². The van der Waals surface area contributed by atoms with Crippen molar-refractivity contribution in [2.45, 2.75) is 37.3 Å². The van der Waals surface area contributed by atoms with Crippen LogP contribution >= 0.6 is 0 Å². The maximum atomic E-state index is 10.6. The minimum atomic E-state index is -2.91. The first-order valence-electron chi connectivity index (χ1n) is 5.21. The average Bonchev–Trinajstić information content (AvgIpc) is 2.36. The Hall–Kier alpha value is -0.610. The topological polar surface area (TPSA) is 126 Å². The van der Waals surface area contributed by atoms with E-state index in [4.69, 9.17) is 4.74 Å². The third-order valence-electron chi connectivity index (χ3n) is 2.71. The molecule has 0 radical (unpaired) electrons. The maximum absolute atomic E-state index is 10.6.